The summed E-state index contributed by atoms with van der Waals surface area (Å²) in [6.07, 6.45) is 1.43. The van der Waals surface area contributed by atoms with Crippen LogP contribution in [-0.2, 0) is 0 Å². The molecule has 1 N–H and O–H groups in total. The number of carbonyl (C=O) groups excluding carboxylic acids is 2. The topological polar surface area (TPSA) is 77.0 Å². The number of methoxy groups -OCH3 is 1. The molecule has 0 atom stereocenters. The largest absolute Gasteiger partial charge is 0.497 e. The predicted octanol–water partition coefficient (Wildman–Crippen LogP) is 6.14. The highest BCUT2D eigenvalue weighted by atomic mass is 35.5. The number of ether oxygens (including phenoxy) is 2. The quantitative estimate of drug-likeness (QED) is 0.152. The van der Waals surface area contributed by atoms with E-state index < -0.39 is 11.9 Å². The molecular weight excluding hydrogens is 475 g/mol. The maximum absolute atomic E-state index is 12.7. The van der Waals surface area contributed by atoms with Crippen molar-refractivity contribution in [1.82, 2.24) is 5.43 Å². The van der Waals surface area contributed by atoms with Crippen LogP contribution in [0.15, 0.2) is 84.0 Å². The summed E-state index contributed by atoms with van der Waals surface area (Å²) in [5.74, 6) is -0.117. The molecule has 0 spiro atoms. The number of esters is 1. The number of halogens is 2. The molecule has 4 aromatic rings. The number of rotatable bonds is 6. The molecule has 4 rings (SSSR count). The lowest BCUT2D eigenvalue weighted by Crippen LogP contribution is -2.18. The van der Waals surface area contributed by atoms with E-state index in [2.05, 4.69) is 10.5 Å². The second-order valence-electron chi connectivity index (χ2n) is 7.14. The van der Waals surface area contributed by atoms with Crippen LogP contribution in [-0.4, -0.2) is 25.2 Å². The number of hydrogen-bond donors (Lipinski definition) is 1. The summed E-state index contributed by atoms with van der Waals surface area (Å²) in [7, 11) is 1.55. The Morgan fingerprint density at radius 2 is 1.71 bits per heavy atom. The van der Waals surface area contributed by atoms with Gasteiger partial charge in [-0.05, 0) is 59.3 Å². The first kappa shape index (κ1) is 23.3. The summed E-state index contributed by atoms with van der Waals surface area (Å²) >= 11 is 12.0. The number of carbonyl (C=O) groups is 2. The van der Waals surface area contributed by atoms with Crippen molar-refractivity contribution >= 4 is 52.1 Å². The summed E-state index contributed by atoms with van der Waals surface area (Å²) in [4.78, 5) is 25.2. The lowest BCUT2D eigenvalue weighted by atomic mass is 10.0. The third-order valence-electron chi connectivity index (χ3n) is 4.99. The molecule has 0 unspecified atom stereocenters. The second-order valence-corrected chi connectivity index (χ2v) is 7.98. The van der Waals surface area contributed by atoms with Crippen LogP contribution in [0.3, 0.4) is 0 Å². The van der Waals surface area contributed by atoms with E-state index in [4.69, 9.17) is 32.7 Å². The van der Waals surface area contributed by atoms with Gasteiger partial charge in [0.05, 0.1) is 29.5 Å². The maximum atomic E-state index is 12.7. The van der Waals surface area contributed by atoms with Gasteiger partial charge in [-0.1, -0.05) is 53.5 Å². The minimum atomic E-state index is -0.537. The maximum Gasteiger partial charge on any atom is 0.343 e. The van der Waals surface area contributed by atoms with Crippen LogP contribution in [0.2, 0.25) is 10.0 Å². The van der Waals surface area contributed by atoms with Gasteiger partial charge in [0, 0.05) is 10.6 Å². The summed E-state index contributed by atoms with van der Waals surface area (Å²) in [6, 6.07) is 22.2. The van der Waals surface area contributed by atoms with Crippen LogP contribution in [0, 0.1) is 0 Å². The van der Waals surface area contributed by atoms with Crippen molar-refractivity contribution in [3.8, 4) is 11.5 Å². The van der Waals surface area contributed by atoms with Crippen molar-refractivity contribution < 1.29 is 19.1 Å². The van der Waals surface area contributed by atoms with Crippen molar-refractivity contribution in [1.29, 1.82) is 0 Å². The Kier molecular flexibility index (Phi) is 7.11. The molecule has 8 heteroatoms. The van der Waals surface area contributed by atoms with E-state index in [9.17, 15) is 9.59 Å². The summed E-state index contributed by atoms with van der Waals surface area (Å²) in [5.41, 5.74) is 3.57. The molecule has 34 heavy (non-hydrogen) atoms. The van der Waals surface area contributed by atoms with Crippen LogP contribution in [0.4, 0.5) is 0 Å². The number of hydrazone groups is 1. The van der Waals surface area contributed by atoms with Gasteiger partial charge in [0.2, 0.25) is 0 Å². The Morgan fingerprint density at radius 1 is 0.941 bits per heavy atom. The molecule has 0 saturated carbocycles. The summed E-state index contributed by atoms with van der Waals surface area (Å²) < 4.78 is 10.8. The lowest BCUT2D eigenvalue weighted by molar-refractivity contribution is 0.0734. The fourth-order valence-electron chi connectivity index (χ4n) is 3.27. The average Bonchev–Trinajstić information content (AvgIpc) is 2.85. The van der Waals surface area contributed by atoms with Gasteiger partial charge in [0.1, 0.15) is 11.5 Å². The predicted molar refractivity (Wildman–Crippen MR) is 133 cm³/mol. The second kappa shape index (κ2) is 10.4. The Balaban J connectivity index is 1.61. The van der Waals surface area contributed by atoms with Crippen LogP contribution in [0.1, 0.15) is 26.3 Å². The third-order valence-corrected chi connectivity index (χ3v) is 5.54. The standard InChI is InChI=1S/C26H18Cl2N2O4/c1-33-19-10-6-17(7-11-19)26(32)34-24-13-8-16-4-2-3-5-20(16)22(24)15-29-30-25(31)21-12-9-18(27)14-23(21)28/h2-15H,1H3,(H,30,31)/b29-15+. The first-order valence-electron chi connectivity index (χ1n) is 10.1. The third kappa shape index (κ3) is 5.20. The van der Waals surface area contributed by atoms with Crippen LogP contribution in [0.5, 0.6) is 11.5 Å². The molecular formula is C26H18Cl2N2O4. The van der Waals surface area contributed by atoms with Crippen molar-refractivity contribution in [2.75, 3.05) is 7.11 Å². The van der Waals surface area contributed by atoms with Gasteiger partial charge >= 0.3 is 5.97 Å². The number of fused-ring (bicyclic) bond motifs is 1. The molecule has 1 amide bonds. The number of nitrogens with zero attached hydrogens (tertiary/aromatic N) is 1. The van der Waals surface area contributed by atoms with E-state index in [1.165, 1.54) is 18.3 Å². The van der Waals surface area contributed by atoms with E-state index >= 15 is 0 Å². The fourth-order valence-corrected chi connectivity index (χ4v) is 3.77. The van der Waals surface area contributed by atoms with Gasteiger partial charge in [-0.25, -0.2) is 10.2 Å². The van der Waals surface area contributed by atoms with Crippen molar-refractivity contribution in [3.63, 3.8) is 0 Å². The molecule has 0 aliphatic rings. The Morgan fingerprint density at radius 3 is 2.44 bits per heavy atom. The summed E-state index contributed by atoms with van der Waals surface area (Å²) in [5, 5.41) is 6.41. The molecule has 0 aliphatic carbocycles. The van der Waals surface area contributed by atoms with Crippen molar-refractivity contribution in [2.24, 2.45) is 5.10 Å². The van der Waals surface area contributed by atoms with E-state index in [0.717, 1.165) is 10.8 Å². The number of benzene rings is 4. The monoisotopic (exact) mass is 492 g/mol. The van der Waals surface area contributed by atoms with Gasteiger partial charge < -0.3 is 9.47 Å². The van der Waals surface area contributed by atoms with Gasteiger partial charge in [-0.2, -0.15) is 5.10 Å². The number of amides is 1. The molecule has 0 heterocycles. The van der Waals surface area contributed by atoms with Gasteiger partial charge in [-0.15, -0.1) is 0 Å². The smallest absolute Gasteiger partial charge is 0.343 e. The Bertz CT molecular complexity index is 1400. The minimum absolute atomic E-state index is 0.208. The molecule has 170 valence electrons. The normalized spacial score (nSPS) is 10.9. The lowest BCUT2D eigenvalue weighted by Gasteiger charge is -2.11. The minimum Gasteiger partial charge on any atom is -0.497 e. The molecule has 6 nitrogen and oxygen atoms in total. The SMILES string of the molecule is COc1ccc(C(=O)Oc2ccc3ccccc3c2/C=N/NC(=O)c2ccc(Cl)cc2Cl)cc1. The highest BCUT2D eigenvalue weighted by Crippen LogP contribution is 2.28. The van der Waals surface area contributed by atoms with Crippen LogP contribution in [0.25, 0.3) is 10.8 Å². The molecule has 0 aliphatic heterocycles. The van der Waals surface area contributed by atoms with E-state index in [-0.39, 0.29) is 10.6 Å². The van der Waals surface area contributed by atoms with E-state index in [1.54, 1.807) is 43.5 Å². The zero-order chi connectivity index (χ0) is 24.1. The first-order chi connectivity index (χ1) is 16.5. The Labute approximate surface area is 205 Å². The van der Waals surface area contributed by atoms with E-state index in [1.807, 2.05) is 30.3 Å². The van der Waals surface area contributed by atoms with Gasteiger partial charge in [0.15, 0.2) is 0 Å². The average molecular weight is 493 g/mol. The van der Waals surface area contributed by atoms with Gasteiger partial charge in [0.25, 0.3) is 5.91 Å². The molecule has 0 saturated heterocycles. The van der Waals surface area contributed by atoms with Gasteiger partial charge in [-0.3, -0.25) is 4.79 Å². The first-order valence-corrected chi connectivity index (χ1v) is 10.9. The molecule has 0 aromatic heterocycles. The molecule has 0 radical (unpaired) electrons. The van der Waals surface area contributed by atoms with Crippen molar-refractivity contribution in [2.45, 2.75) is 0 Å². The van der Waals surface area contributed by atoms with E-state index in [0.29, 0.717) is 27.6 Å². The highest BCUT2D eigenvalue weighted by Gasteiger charge is 2.14. The number of hydrogen-bond acceptors (Lipinski definition) is 5. The zero-order valence-electron chi connectivity index (χ0n) is 17.9. The van der Waals surface area contributed by atoms with Crippen molar-refractivity contribution in [3.05, 3.63) is 106 Å². The number of nitrogens with one attached hydrogen (secondary N) is 1. The molecule has 0 bridgehead atoms. The fraction of sp³-hybridized carbons (Fsp3) is 0.0385. The highest BCUT2D eigenvalue weighted by molar-refractivity contribution is 6.36. The van der Waals surface area contributed by atoms with Crippen LogP contribution < -0.4 is 14.9 Å². The Hall–Kier alpha value is -3.87. The molecule has 0 fully saturated rings. The summed E-state index contributed by atoms with van der Waals surface area (Å²) in [6.45, 7) is 0. The van der Waals surface area contributed by atoms with Crippen LogP contribution >= 0.6 is 23.2 Å². The molecule has 4 aromatic carbocycles. The zero-order valence-corrected chi connectivity index (χ0v) is 19.4.